The number of anilines is 1. The highest BCUT2D eigenvalue weighted by atomic mass is 19.1. The second-order valence-electron chi connectivity index (χ2n) is 6.21. The lowest BCUT2D eigenvalue weighted by Crippen LogP contribution is -2.31. The number of nitrogens with zero attached hydrogens (tertiary/aromatic N) is 4. The molecule has 1 atom stereocenters. The lowest BCUT2D eigenvalue weighted by molar-refractivity contribution is -0.112. The van der Waals surface area contributed by atoms with Gasteiger partial charge in [-0.1, -0.05) is 0 Å². The van der Waals surface area contributed by atoms with Crippen LogP contribution in [0, 0.1) is 5.41 Å². The minimum Gasteiger partial charge on any atom is -0.383 e. The van der Waals surface area contributed by atoms with Gasteiger partial charge in [-0.25, -0.2) is 9.38 Å². The van der Waals surface area contributed by atoms with E-state index in [1.165, 1.54) is 6.20 Å². The topological polar surface area (TPSA) is 141 Å². The molecule has 2 aliphatic heterocycles. The summed E-state index contributed by atoms with van der Waals surface area (Å²) in [6, 6.07) is 1.70. The van der Waals surface area contributed by atoms with E-state index in [4.69, 9.17) is 15.9 Å². The summed E-state index contributed by atoms with van der Waals surface area (Å²) < 4.78 is 18.3. The molecule has 0 radical (unpaired) electrons. The lowest BCUT2D eigenvalue weighted by Gasteiger charge is -2.26. The van der Waals surface area contributed by atoms with Crippen LogP contribution in [0.25, 0.3) is 0 Å². The van der Waals surface area contributed by atoms with Crippen molar-refractivity contribution in [3.8, 4) is 0 Å². The molecule has 3 rings (SSSR count). The van der Waals surface area contributed by atoms with Crippen molar-refractivity contribution in [3.05, 3.63) is 47.4 Å². The maximum atomic E-state index is 13.1. The summed E-state index contributed by atoms with van der Waals surface area (Å²) in [5, 5.41) is 13.0. The molecule has 1 aromatic rings. The molecule has 152 valence electrons. The predicted molar refractivity (Wildman–Crippen MR) is 107 cm³/mol. The number of nitrogens with two attached hydrogens (primary N) is 1. The molecule has 11 heteroatoms. The number of halogens is 1. The van der Waals surface area contributed by atoms with Crippen LogP contribution in [-0.4, -0.2) is 61.0 Å². The molecule has 3 heterocycles. The Bertz CT molecular complexity index is 924. The Hall–Kier alpha value is -3.60. The zero-order valence-corrected chi connectivity index (χ0v) is 15.7. The number of aliphatic imine (C=N–C) groups is 2. The Kier molecular flexibility index (Phi) is 6.29. The molecule has 0 aromatic carbocycles. The first-order valence-electron chi connectivity index (χ1n) is 8.76. The molecule has 1 amide bonds. The fraction of sp³-hybridized carbons (Fsp3) is 0.278. The normalized spacial score (nSPS) is 19.6. The molecule has 0 spiro atoms. The van der Waals surface area contributed by atoms with Gasteiger partial charge in [-0.3, -0.25) is 20.2 Å². The number of ether oxygens (including phenoxy) is 1. The average Bonchev–Trinajstić information content (AvgIpc) is 3.16. The highest BCUT2D eigenvalue weighted by Gasteiger charge is 2.26. The summed E-state index contributed by atoms with van der Waals surface area (Å²) in [5.74, 6) is -1.80. The molecule has 2 aliphatic rings. The van der Waals surface area contributed by atoms with E-state index in [1.54, 1.807) is 25.7 Å². The number of carbonyl (C=O) groups excluding carboxylic acids is 1. The van der Waals surface area contributed by atoms with Crippen molar-refractivity contribution in [2.45, 2.75) is 6.04 Å². The number of amides is 1. The number of nitrogens with one attached hydrogen (secondary N) is 3. The summed E-state index contributed by atoms with van der Waals surface area (Å²) in [7, 11) is 1.62. The molecule has 10 nitrogen and oxygen atoms in total. The van der Waals surface area contributed by atoms with Gasteiger partial charge in [0.1, 0.15) is 17.2 Å². The third-order valence-electron chi connectivity index (χ3n) is 4.32. The van der Waals surface area contributed by atoms with Crippen molar-refractivity contribution < 1.29 is 13.9 Å². The van der Waals surface area contributed by atoms with Gasteiger partial charge in [0.05, 0.1) is 43.6 Å². The van der Waals surface area contributed by atoms with Gasteiger partial charge in [0.25, 0.3) is 5.91 Å². The van der Waals surface area contributed by atoms with E-state index in [-0.39, 0.29) is 17.4 Å². The first-order valence-corrected chi connectivity index (χ1v) is 8.76. The molecule has 0 saturated carbocycles. The summed E-state index contributed by atoms with van der Waals surface area (Å²) in [6.07, 6.45) is 6.85. The first-order chi connectivity index (χ1) is 14.0. The highest BCUT2D eigenvalue weighted by Crippen LogP contribution is 2.29. The largest absolute Gasteiger partial charge is 0.383 e. The van der Waals surface area contributed by atoms with Crippen LogP contribution in [0.1, 0.15) is 11.6 Å². The molecule has 5 N–H and O–H groups in total. The van der Waals surface area contributed by atoms with Gasteiger partial charge in [-0.15, -0.1) is 0 Å². The van der Waals surface area contributed by atoms with Crippen LogP contribution in [0.15, 0.2) is 51.9 Å². The summed E-state index contributed by atoms with van der Waals surface area (Å²) in [5.41, 5.74) is 6.62. The van der Waals surface area contributed by atoms with Crippen molar-refractivity contribution in [1.82, 2.24) is 15.2 Å². The third-order valence-corrected chi connectivity index (χ3v) is 4.32. The molecule has 0 bridgehead atoms. The number of rotatable bonds is 7. The van der Waals surface area contributed by atoms with Crippen LogP contribution in [0.4, 0.5) is 10.1 Å². The number of carbonyl (C=O) groups is 1. The summed E-state index contributed by atoms with van der Waals surface area (Å²) >= 11 is 0. The fourth-order valence-electron chi connectivity index (χ4n) is 2.94. The Balaban J connectivity index is 1.85. The smallest absolute Gasteiger partial charge is 0.263 e. The molecule has 29 heavy (non-hydrogen) atoms. The van der Waals surface area contributed by atoms with Crippen molar-refractivity contribution in [2.75, 3.05) is 32.1 Å². The Labute approximate surface area is 166 Å². The van der Waals surface area contributed by atoms with E-state index in [9.17, 15) is 9.18 Å². The van der Waals surface area contributed by atoms with E-state index in [0.717, 1.165) is 18.0 Å². The SMILES string of the molecule is COCCN1C=NCC1c1ccncc1NC(=O)/C(C(=N)N)=C1\N=CC(F)=CN1. The number of hydrogen-bond donors (Lipinski definition) is 4. The second kappa shape index (κ2) is 9.06. The first kappa shape index (κ1) is 20.1. The number of allylic oxidation sites excluding steroid dienone is 1. The van der Waals surface area contributed by atoms with Crippen LogP contribution < -0.4 is 16.4 Å². The van der Waals surface area contributed by atoms with Crippen LogP contribution in [0.2, 0.25) is 0 Å². The van der Waals surface area contributed by atoms with E-state index < -0.39 is 17.6 Å². The number of aromatic nitrogens is 1. The van der Waals surface area contributed by atoms with E-state index in [0.29, 0.717) is 25.4 Å². The highest BCUT2D eigenvalue weighted by molar-refractivity contribution is 6.24. The quantitative estimate of drug-likeness (QED) is 0.301. The van der Waals surface area contributed by atoms with Gasteiger partial charge >= 0.3 is 0 Å². The van der Waals surface area contributed by atoms with Crippen molar-refractivity contribution in [3.63, 3.8) is 0 Å². The zero-order chi connectivity index (χ0) is 20.8. The molecule has 1 aromatic heterocycles. The van der Waals surface area contributed by atoms with Gasteiger partial charge in [-0.2, -0.15) is 0 Å². The minimum absolute atomic E-state index is 0.0206. The Morgan fingerprint density at radius 3 is 3.07 bits per heavy atom. The van der Waals surface area contributed by atoms with E-state index in [1.807, 2.05) is 4.90 Å². The maximum absolute atomic E-state index is 13.1. The average molecular weight is 400 g/mol. The second-order valence-corrected chi connectivity index (χ2v) is 6.21. The lowest BCUT2D eigenvalue weighted by atomic mass is 10.1. The molecule has 0 aliphatic carbocycles. The zero-order valence-electron chi connectivity index (χ0n) is 15.7. The van der Waals surface area contributed by atoms with Gasteiger partial charge < -0.3 is 26.0 Å². The van der Waals surface area contributed by atoms with E-state index in [2.05, 4.69) is 25.6 Å². The van der Waals surface area contributed by atoms with Crippen molar-refractivity contribution in [1.29, 1.82) is 5.41 Å². The van der Waals surface area contributed by atoms with Gasteiger partial charge in [0.2, 0.25) is 0 Å². The predicted octanol–water partition coefficient (Wildman–Crippen LogP) is 0.684. The van der Waals surface area contributed by atoms with Gasteiger partial charge in [0.15, 0.2) is 5.83 Å². The third kappa shape index (κ3) is 4.63. The minimum atomic E-state index is -0.663. The van der Waals surface area contributed by atoms with Crippen LogP contribution >= 0.6 is 0 Å². The number of hydrogen-bond acceptors (Lipinski definition) is 8. The van der Waals surface area contributed by atoms with Crippen LogP contribution in [0.5, 0.6) is 0 Å². The number of pyridine rings is 1. The van der Waals surface area contributed by atoms with E-state index >= 15 is 0 Å². The van der Waals surface area contributed by atoms with Gasteiger partial charge in [-0.05, 0) is 6.07 Å². The fourth-order valence-corrected chi connectivity index (χ4v) is 2.94. The maximum Gasteiger partial charge on any atom is 0.263 e. The molecule has 0 saturated heterocycles. The van der Waals surface area contributed by atoms with Crippen molar-refractivity contribution in [2.24, 2.45) is 15.7 Å². The number of methoxy groups -OCH3 is 1. The van der Waals surface area contributed by atoms with Crippen LogP contribution in [0.3, 0.4) is 0 Å². The Morgan fingerprint density at radius 1 is 1.55 bits per heavy atom. The molecule has 0 fully saturated rings. The Morgan fingerprint density at radius 2 is 2.38 bits per heavy atom. The molecular formula is C18H21FN8O2. The van der Waals surface area contributed by atoms with Crippen LogP contribution in [-0.2, 0) is 9.53 Å². The van der Waals surface area contributed by atoms with Gasteiger partial charge in [0, 0.05) is 31.6 Å². The monoisotopic (exact) mass is 400 g/mol. The summed E-state index contributed by atoms with van der Waals surface area (Å²) in [6.45, 7) is 1.69. The number of amidine groups is 1. The summed E-state index contributed by atoms with van der Waals surface area (Å²) in [4.78, 5) is 27.1. The standard InChI is InChI=1S/C18H21FN8O2/c1-29-5-4-27-10-23-9-14(27)12-2-3-22-8-13(12)26-18(28)15(16(20)21)17-24-6-11(19)7-25-17/h2-3,6-8,10,14,24H,4-5,9H2,1H3,(H3,20,21)(H,26,28)/b17-15-. The van der Waals surface area contributed by atoms with Crippen molar-refractivity contribution >= 4 is 30.0 Å². The molecular weight excluding hydrogens is 379 g/mol. The molecule has 1 unspecified atom stereocenters.